The van der Waals surface area contributed by atoms with Gasteiger partial charge in [0.25, 0.3) is 0 Å². The first kappa shape index (κ1) is 6.91. The van der Waals surface area contributed by atoms with E-state index in [9.17, 15) is 4.79 Å². The van der Waals surface area contributed by atoms with Gasteiger partial charge in [0, 0.05) is 12.4 Å². The monoisotopic (exact) mass is 157 g/mol. The molecular weight excluding hydrogens is 152 g/mol. The fourth-order valence-electron chi connectivity index (χ4n) is 1.06. The standard InChI is InChI=1S/C9H5N2O/c12-6-7-3-5-10-8-2-1-4-11-9(7)8/h1-5H. The summed E-state index contributed by atoms with van der Waals surface area (Å²) in [6.07, 6.45) is 5.02. The summed E-state index contributed by atoms with van der Waals surface area (Å²) in [4.78, 5) is 18.5. The van der Waals surface area contributed by atoms with Crippen LogP contribution in [0.5, 0.6) is 0 Å². The summed E-state index contributed by atoms with van der Waals surface area (Å²) in [6, 6.07) is 5.19. The molecule has 0 aliphatic heterocycles. The van der Waals surface area contributed by atoms with Gasteiger partial charge in [-0.15, -0.1) is 0 Å². The molecule has 12 heavy (non-hydrogen) atoms. The van der Waals surface area contributed by atoms with Gasteiger partial charge in [-0.2, -0.15) is 0 Å². The Morgan fingerprint density at radius 2 is 2.08 bits per heavy atom. The number of pyridine rings is 2. The van der Waals surface area contributed by atoms with Crippen molar-refractivity contribution in [3.05, 3.63) is 36.2 Å². The molecule has 0 bridgehead atoms. The van der Waals surface area contributed by atoms with E-state index in [-0.39, 0.29) is 0 Å². The van der Waals surface area contributed by atoms with Crippen molar-refractivity contribution in [1.82, 2.24) is 9.97 Å². The Bertz CT molecular complexity index is 420. The number of hydrogen-bond acceptors (Lipinski definition) is 3. The number of rotatable bonds is 1. The van der Waals surface area contributed by atoms with E-state index in [1.165, 1.54) is 0 Å². The Kier molecular flexibility index (Phi) is 1.55. The average Bonchev–Trinajstić information content (AvgIpc) is 2.17. The van der Waals surface area contributed by atoms with Crippen molar-refractivity contribution in [3.8, 4) is 0 Å². The molecule has 2 rings (SSSR count). The second kappa shape index (κ2) is 2.70. The van der Waals surface area contributed by atoms with Gasteiger partial charge in [-0.05, 0) is 18.2 Å². The quantitative estimate of drug-likeness (QED) is 0.622. The third kappa shape index (κ3) is 0.955. The van der Waals surface area contributed by atoms with Crippen LogP contribution < -0.4 is 0 Å². The number of fused-ring (bicyclic) bond motifs is 1. The molecule has 0 N–H and O–H groups in total. The van der Waals surface area contributed by atoms with Crippen molar-refractivity contribution in [3.63, 3.8) is 0 Å². The molecule has 0 spiro atoms. The maximum atomic E-state index is 10.4. The zero-order valence-corrected chi connectivity index (χ0v) is 6.19. The van der Waals surface area contributed by atoms with Crippen molar-refractivity contribution >= 4 is 17.3 Å². The molecule has 2 aromatic heterocycles. The van der Waals surface area contributed by atoms with E-state index < -0.39 is 0 Å². The summed E-state index contributed by atoms with van der Waals surface area (Å²) in [5, 5.41) is 0. The van der Waals surface area contributed by atoms with E-state index in [1.807, 2.05) is 12.4 Å². The summed E-state index contributed by atoms with van der Waals surface area (Å²) in [7, 11) is 0. The lowest BCUT2D eigenvalue weighted by molar-refractivity contribution is 0.563. The van der Waals surface area contributed by atoms with Crippen LogP contribution in [0.25, 0.3) is 11.0 Å². The maximum absolute atomic E-state index is 10.4. The Balaban J connectivity index is 2.88. The zero-order valence-electron chi connectivity index (χ0n) is 6.19. The fourth-order valence-corrected chi connectivity index (χ4v) is 1.06. The molecule has 1 radical (unpaired) electrons. The highest BCUT2D eigenvalue weighted by molar-refractivity contribution is 5.93. The van der Waals surface area contributed by atoms with Gasteiger partial charge in [0.1, 0.15) is 0 Å². The van der Waals surface area contributed by atoms with Gasteiger partial charge in [0.2, 0.25) is 6.29 Å². The first-order valence-corrected chi connectivity index (χ1v) is 3.50. The van der Waals surface area contributed by atoms with Gasteiger partial charge >= 0.3 is 0 Å². The average molecular weight is 157 g/mol. The SMILES string of the molecule is O=[C]c1ccnc2cccnc12. The molecule has 0 aliphatic rings. The summed E-state index contributed by atoms with van der Waals surface area (Å²) in [6.45, 7) is 0. The van der Waals surface area contributed by atoms with Crippen LogP contribution in [-0.2, 0) is 4.79 Å². The molecule has 57 valence electrons. The van der Waals surface area contributed by atoms with Gasteiger partial charge in [0.15, 0.2) is 0 Å². The zero-order chi connectivity index (χ0) is 8.39. The molecule has 3 nitrogen and oxygen atoms in total. The Hall–Kier alpha value is -1.77. The molecule has 2 aromatic rings. The minimum Gasteiger partial charge on any atom is -0.285 e. The molecule has 2 heterocycles. The first-order chi connectivity index (χ1) is 5.92. The predicted molar refractivity (Wildman–Crippen MR) is 44.3 cm³/mol. The van der Waals surface area contributed by atoms with Crippen LogP contribution in [0.2, 0.25) is 0 Å². The molecule has 0 aliphatic carbocycles. The van der Waals surface area contributed by atoms with Crippen molar-refractivity contribution in [1.29, 1.82) is 0 Å². The van der Waals surface area contributed by atoms with Crippen molar-refractivity contribution in [2.75, 3.05) is 0 Å². The van der Waals surface area contributed by atoms with Crippen molar-refractivity contribution in [2.45, 2.75) is 0 Å². The molecule has 0 saturated heterocycles. The van der Waals surface area contributed by atoms with Crippen LogP contribution in [0.15, 0.2) is 30.6 Å². The van der Waals surface area contributed by atoms with Crippen LogP contribution >= 0.6 is 0 Å². The second-order valence-corrected chi connectivity index (χ2v) is 2.33. The summed E-state index contributed by atoms with van der Waals surface area (Å²) in [5.41, 5.74) is 1.79. The summed E-state index contributed by atoms with van der Waals surface area (Å²) >= 11 is 0. The Morgan fingerprint density at radius 1 is 1.17 bits per heavy atom. The van der Waals surface area contributed by atoms with E-state index in [2.05, 4.69) is 9.97 Å². The van der Waals surface area contributed by atoms with Gasteiger partial charge in [0.05, 0.1) is 16.6 Å². The lowest BCUT2D eigenvalue weighted by atomic mass is 10.2. The number of aromatic nitrogens is 2. The Labute approximate surface area is 69.1 Å². The van der Waals surface area contributed by atoms with E-state index in [0.29, 0.717) is 11.1 Å². The maximum Gasteiger partial charge on any atom is 0.235 e. The fraction of sp³-hybridized carbons (Fsp3) is 0. The van der Waals surface area contributed by atoms with Crippen LogP contribution in [0.3, 0.4) is 0 Å². The third-order valence-electron chi connectivity index (χ3n) is 1.61. The second-order valence-electron chi connectivity index (χ2n) is 2.33. The topological polar surface area (TPSA) is 42.9 Å². The van der Waals surface area contributed by atoms with Gasteiger partial charge in [-0.1, -0.05) is 0 Å². The number of carbonyl (C=O) groups excluding carboxylic acids is 1. The first-order valence-electron chi connectivity index (χ1n) is 3.50. The van der Waals surface area contributed by atoms with Crippen LogP contribution in [0.4, 0.5) is 0 Å². The normalized spacial score (nSPS) is 10.0. The number of hydrogen-bond donors (Lipinski definition) is 0. The summed E-state index contributed by atoms with van der Waals surface area (Å²) in [5.74, 6) is 0. The van der Waals surface area contributed by atoms with E-state index >= 15 is 0 Å². The molecular formula is C9H5N2O. The molecule has 0 saturated carbocycles. The van der Waals surface area contributed by atoms with Gasteiger partial charge in [-0.25, -0.2) is 0 Å². The van der Waals surface area contributed by atoms with Crippen LogP contribution in [0, 0.1) is 0 Å². The highest BCUT2D eigenvalue weighted by atomic mass is 16.1. The summed E-state index contributed by atoms with van der Waals surface area (Å²) < 4.78 is 0. The van der Waals surface area contributed by atoms with Crippen LogP contribution in [0.1, 0.15) is 5.56 Å². The molecule has 0 unspecified atom stereocenters. The Morgan fingerprint density at radius 3 is 2.92 bits per heavy atom. The lowest BCUT2D eigenvalue weighted by Crippen LogP contribution is -1.88. The predicted octanol–water partition coefficient (Wildman–Crippen LogP) is 1.09. The highest BCUT2D eigenvalue weighted by Gasteiger charge is 2.00. The molecule has 3 heteroatoms. The highest BCUT2D eigenvalue weighted by Crippen LogP contribution is 2.10. The lowest BCUT2D eigenvalue weighted by Gasteiger charge is -1.95. The molecule has 0 aromatic carbocycles. The minimum absolute atomic E-state index is 0.459. The van der Waals surface area contributed by atoms with Crippen molar-refractivity contribution < 1.29 is 4.79 Å². The molecule has 0 amide bonds. The van der Waals surface area contributed by atoms with Crippen LogP contribution in [-0.4, -0.2) is 16.3 Å². The molecule has 0 fully saturated rings. The van der Waals surface area contributed by atoms with Gasteiger partial charge < -0.3 is 0 Å². The third-order valence-corrected chi connectivity index (χ3v) is 1.61. The van der Waals surface area contributed by atoms with E-state index in [4.69, 9.17) is 0 Å². The molecule has 0 atom stereocenters. The largest absolute Gasteiger partial charge is 0.285 e. The van der Waals surface area contributed by atoms with Gasteiger partial charge in [-0.3, -0.25) is 14.8 Å². The smallest absolute Gasteiger partial charge is 0.235 e. The van der Waals surface area contributed by atoms with E-state index in [0.717, 1.165) is 5.52 Å². The minimum atomic E-state index is 0.459. The number of nitrogens with zero attached hydrogens (tertiary/aromatic N) is 2. The van der Waals surface area contributed by atoms with E-state index in [1.54, 1.807) is 24.5 Å². The van der Waals surface area contributed by atoms with Crippen molar-refractivity contribution in [2.24, 2.45) is 0 Å².